The summed E-state index contributed by atoms with van der Waals surface area (Å²) in [6, 6.07) is 5.77. The van der Waals surface area contributed by atoms with Crippen molar-refractivity contribution < 1.29 is 14.3 Å². The van der Waals surface area contributed by atoms with Crippen LogP contribution in [0, 0.1) is 5.92 Å². The Morgan fingerprint density at radius 2 is 2.00 bits per heavy atom. The second kappa shape index (κ2) is 10.2. The number of hydrogen-bond acceptors (Lipinski definition) is 4. The molecule has 0 bridgehead atoms. The number of carbonyl (C=O) groups is 1. The quantitative estimate of drug-likeness (QED) is 0.714. The summed E-state index contributed by atoms with van der Waals surface area (Å²) in [7, 11) is 0. The van der Waals surface area contributed by atoms with Crippen molar-refractivity contribution in [2.75, 3.05) is 26.2 Å². The molecule has 27 heavy (non-hydrogen) atoms. The number of nitrogens with one attached hydrogen (secondary N) is 1. The minimum atomic E-state index is -0.440. The minimum Gasteiger partial charge on any atom is -0.493 e. The van der Waals surface area contributed by atoms with Crippen molar-refractivity contribution in [1.29, 1.82) is 0 Å². The van der Waals surface area contributed by atoms with Gasteiger partial charge >= 0.3 is 6.09 Å². The van der Waals surface area contributed by atoms with Gasteiger partial charge in [-0.3, -0.25) is 0 Å². The third-order valence-corrected chi connectivity index (χ3v) is 4.73. The zero-order valence-corrected chi connectivity index (χ0v) is 17.8. The zero-order valence-electron chi connectivity index (χ0n) is 17.0. The monoisotopic (exact) mass is 396 g/mol. The Morgan fingerprint density at radius 3 is 2.63 bits per heavy atom. The van der Waals surface area contributed by atoms with Crippen LogP contribution in [-0.2, 0) is 11.3 Å². The molecule has 1 aromatic carbocycles. The fraction of sp³-hybridized carbons (Fsp3) is 0.667. The standard InChI is InChI=1S/C21H33ClN2O3/c1-5-12-26-19-7-6-18(22)13-17(19)15-23-14-16-8-10-24(11-9-16)20(25)27-21(2,3)4/h6-7,13,16,23H,5,8-12,14-15H2,1-4H3. The van der Waals surface area contributed by atoms with Gasteiger partial charge in [0.25, 0.3) is 0 Å². The van der Waals surface area contributed by atoms with Crippen LogP contribution in [0.2, 0.25) is 5.02 Å². The van der Waals surface area contributed by atoms with Gasteiger partial charge in [0.15, 0.2) is 0 Å². The van der Waals surface area contributed by atoms with Crippen LogP contribution in [-0.4, -0.2) is 42.8 Å². The van der Waals surface area contributed by atoms with E-state index in [4.69, 9.17) is 21.1 Å². The average Bonchev–Trinajstić information content (AvgIpc) is 2.60. The van der Waals surface area contributed by atoms with E-state index in [0.717, 1.165) is 61.8 Å². The highest BCUT2D eigenvalue weighted by Gasteiger charge is 2.26. The van der Waals surface area contributed by atoms with Gasteiger partial charge in [-0.25, -0.2) is 4.79 Å². The molecule has 1 saturated heterocycles. The van der Waals surface area contributed by atoms with Crippen LogP contribution < -0.4 is 10.1 Å². The molecule has 0 aliphatic carbocycles. The van der Waals surface area contributed by atoms with E-state index in [-0.39, 0.29) is 6.09 Å². The van der Waals surface area contributed by atoms with Gasteiger partial charge in [0, 0.05) is 30.2 Å². The lowest BCUT2D eigenvalue weighted by Crippen LogP contribution is -2.43. The van der Waals surface area contributed by atoms with Crippen molar-refractivity contribution in [2.24, 2.45) is 5.92 Å². The Hall–Kier alpha value is -1.46. The topological polar surface area (TPSA) is 50.8 Å². The van der Waals surface area contributed by atoms with Crippen LogP contribution in [0.15, 0.2) is 18.2 Å². The van der Waals surface area contributed by atoms with Gasteiger partial charge < -0.3 is 19.7 Å². The molecule has 1 aromatic rings. The first-order valence-electron chi connectivity index (χ1n) is 9.88. The molecule has 1 aliphatic heterocycles. The van der Waals surface area contributed by atoms with E-state index in [2.05, 4.69) is 12.2 Å². The summed E-state index contributed by atoms with van der Waals surface area (Å²) in [4.78, 5) is 14.0. The number of hydrogen-bond donors (Lipinski definition) is 1. The Kier molecular flexibility index (Phi) is 8.24. The number of benzene rings is 1. The summed E-state index contributed by atoms with van der Waals surface area (Å²) in [5.41, 5.74) is 0.645. The molecular formula is C21H33ClN2O3. The fourth-order valence-corrected chi connectivity index (χ4v) is 3.29. The highest BCUT2D eigenvalue weighted by Crippen LogP contribution is 2.24. The highest BCUT2D eigenvalue weighted by molar-refractivity contribution is 6.30. The first-order valence-corrected chi connectivity index (χ1v) is 10.3. The van der Waals surface area contributed by atoms with Crippen LogP contribution >= 0.6 is 11.6 Å². The third-order valence-electron chi connectivity index (χ3n) is 4.50. The molecule has 1 N–H and O–H groups in total. The molecule has 1 amide bonds. The van der Waals surface area contributed by atoms with E-state index in [1.807, 2.05) is 43.9 Å². The maximum Gasteiger partial charge on any atom is 0.410 e. The Bertz CT molecular complexity index is 608. The Labute approximate surface area is 168 Å². The molecule has 0 radical (unpaired) electrons. The maximum absolute atomic E-state index is 12.1. The molecule has 1 aliphatic rings. The van der Waals surface area contributed by atoms with Gasteiger partial charge in [0.2, 0.25) is 0 Å². The van der Waals surface area contributed by atoms with Crippen LogP contribution in [0.1, 0.15) is 52.5 Å². The number of amides is 1. The highest BCUT2D eigenvalue weighted by atomic mass is 35.5. The third kappa shape index (κ3) is 7.59. The Morgan fingerprint density at radius 1 is 1.30 bits per heavy atom. The molecule has 1 heterocycles. The molecule has 1 fully saturated rings. The Balaban J connectivity index is 1.76. The number of ether oxygens (including phenoxy) is 2. The molecule has 0 saturated carbocycles. The van der Waals surface area contributed by atoms with Gasteiger partial charge in [-0.2, -0.15) is 0 Å². The first-order chi connectivity index (χ1) is 12.8. The van der Waals surface area contributed by atoms with Crippen LogP contribution in [0.3, 0.4) is 0 Å². The van der Waals surface area contributed by atoms with Crippen molar-refractivity contribution >= 4 is 17.7 Å². The van der Waals surface area contributed by atoms with E-state index < -0.39 is 5.60 Å². The number of halogens is 1. The van der Waals surface area contributed by atoms with Crippen molar-refractivity contribution in [1.82, 2.24) is 10.2 Å². The second-order valence-electron chi connectivity index (χ2n) is 8.14. The van der Waals surface area contributed by atoms with Crippen molar-refractivity contribution in [2.45, 2.75) is 59.1 Å². The molecule has 6 heteroatoms. The van der Waals surface area contributed by atoms with Crippen molar-refractivity contribution in [3.05, 3.63) is 28.8 Å². The predicted molar refractivity (Wildman–Crippen MR) is 109 cm³/mol. The van der Waals surface area contributed by atoms with Gasteiger partial charge in [0.1, 0.15) is 11.4 Å². The molecule has 152 valence electrons. The van der Waals surface area contributed by atoms with Gasteiger partial charge in [-0.05, 0) is 70.7 Å². The zero-order chi connectivity index (χ0) is 19.9. The van der Waals surface area contributed by atoms with Crippen LogP contribution in [0.25, 0.3) is 0 Å². The smallest absolute Gasteiger partial charge is 0.410 e. The van der Waals surface area contributed by atoms with Crippen LogP contribution in [0.4, 0.5) is 4.79 Å². The van der Waals surface area contributed by atoms with E-state index in [0.29, 0.717) is 12.5 Å². The van der Waals surface area contributed by atoms with Gasteiger partial charge in [0.05, 0.1) is 6.61 Å². The van der Waals surface area contributed by atoms with E-state index in [1.165, 1.54) is 0 Å². The largest absolute Gasteiger partial charge is 0.493 e. The van der Waals surface area contributed by atoms with E-state index in [1.54, 1.807) is 0 Å². The van der Waals surface area contributed by atoms with E-state index in [9.17, 15) is 4.79 Å². The summed E-state index contributed by atoms with van der Waals surface area (Å²) < 4.78 is 11.3. The van der Waals surface area contributed by atoms with E-state index >= 15 is 0 Å². The summed E-state index contributed by atoms with van der Waals surface area (Å²) in [5, 5.41) is 4.25. The first kappa shape index (κ1) is 21.8. The lowest BCUT2D eigenvalue weighted by molar-refractivity contribution is 0.0184. The molecule has 0 spiro atoms. The number of piperidine rings is 1. The number of likely N-dealkylation sites (tertiary alicyclic amines) is 1. The van der Waals surface area contributed by atoms with Crippen LogP contribution in [0.5, 0.6) is 5.75 Å². The minimum absolute atomic E-state index is 0.203. The fourth-order valence-electron chi connectivity index (χ4n) is 3.10. The lowest BCUT2D eigenvalue weighted by Gasteiger charge is -2.33. The molecule has 2 rings (SSSR count). The average molecular weight is 397 g/mol. The van der Waals surface area contributed by atoms with Gasteiger partial charge in [-0.15, -0.1) is 0 Å². The summed E-state index contributed by atoms with van der Waals surface area (Å²) >= 11 is 6.14. The van der Waals surface area contributed by atoms with Gasteiger partial charge in [-0.1, -0.05) is 18.5 Å². The normalized spacial score (nSPS) is 15.7. The second-order valence-corrected chi connectivity index (χ2v) is 8.58. The number of rotatable bonds is 7. The molecular weight excluding hydrogens is 364 g/mol. The molecule has 0 unspecified atom stereocenters. The SMILES string of the molecule is CCCOc1ccc(Cl)cc1CNCC1CCN(C(=O)OC(C)(C)C)CC1. The number of nitrogens with zero attached hydrogens (tertiary/aromatic N) is 1. The maximum atomic E-state index is 12.1. The summed E-state index contributed by atoms with van der Waals surface area (Å²) in [5.74, 6) is 1.45. The molecule has 5 nitrogen and oxygen atoms in total. The van der Waals surface area contributed by atoms with Crippen molar-refractivity contribution in [3.8, 4) is 5.75 Å². The lowest BCUT2D eigenvalue weighted by atomic mass is 9.97. The summed E-state index contributed by atoms with van der Waals surface area (Å²) in [6.45, 7) is 11.7. The summed E-state index contributed by atoms with van der Waals surface area (Å²) in [6.07, 6.45) is 2.75. The molecule has 0 aromatic heterocycles. The predicted octanol–water partition coefficient (Wildman–Crippen LogP) is 4.87. The van der Waals surface area contributed by atoms with Crippen molar-refractivity contribution in [3.63, 3.8) is 0 Å². The molecule has 0 atom stereocenters. The number of carbonyl (C=O) groups excluding carboxylic acids is 1.